The average Bonchev–Trinajstić information content (AvgIpc) is 3.84. The molecule has 0 radical (unpaired) electrons. The number of aromatic nitrogens is 3. The molecule has 0 bridgehead atoms. The van der Waals surface area contributed by atoms with Gasteiger partial charge >= 0.3 is 0 Å². The van der Waals surface area contributed by atoms with Gasteiger partial charge in [0.15, 0.2) is 22.7 Å². The van der Waals surface area contributed by atoms with Gasteiger partial charge in [-0.25, -0.2) is 4.39 Å². The summed E-state index contributed by atoms with van der Waals surface area (Å²) in [7, 11) is 3.12. The number of pyridine rings is 3. The van der Waals surface area contributed by atoms with Crippen molar-refractivity contribution < 1.29 is 23.4 Å². The van der Waals surface area contributed by atoms with Crippen molar-refractivity contribution >= 4 is 16.7 Å². The van der Waals surface area contributed by atoms with E-state index in [1.54, 1.807) is 75.3 Å². The Morgan fingerprint density at radius 3 is 2.39 bits per heavy atom. The Morgan fingerprint density at radius 1 is 0.951 bits per heavy atom. The summed E-state index contributed by atoms with van der Waals surface area (Å²) in [4.78, 5) is 35.5. The molecule has 0 unspecified atom stereocenters. The van der Waals surface area contributed by atoms with Crippen molar-refractivity contribution in [1.29, 1.82) is 0 Å². The van der Waals surface area contributed by atoms with Crippen molar-refractivity contribution in [3.05, 3.63) is 107 Å². The fraction of sp³-hybridized carbons (Fsp3) is 0.188. The molecule has 1 aliphatic rings. The van der Waals surface area contributed by atoms with E-state index in [0.717, 1.165) is 18.2 Å². The van der Waals surface area contributed by atoms with E-state index in [0.29, 0.717) is 45.3 Å². The number of fused-ring (bicyclic) bond motifs is 1. The SMILES string of the molecule is COc1cc2nccc(Oc3ccc(CC(=O)c4cn(C5CC5)cc(-c5ccc(F)cc5)c4=O)nc3)c2cc1OC. The van der Waals surface area contributed by atoms with E-state index in [2.05, 4.69) is 9.97 Å². The molecular weight excluding hydrogens is 525 g/mol. The second-order valence-corrected chi connectivity index (χ2v) is 9.82. The van der Waals surface area contributed by atoms with Gasteiger partial charge in [-0.05, 0) is 54.8 Å². The predicted octanol–water partition coefficient (Wildman–Crippen LogP) is 6.17. The number of rotatable bonds is 9. The lowest BCUT2D eigenvalue weighted by molar-refractivity contribution is 0.0990. The Labute approximate surface area is 235 Å². The zero-order valence-corrected chi connectivity index (χ0v) is 22.5. The van der Waals surface area contributed by atoms with Gasteiger partial charge in [-0.1, -0.05) is 12.1 Å². The summed E-state index contributed by atoms with van der Waals surface area (Å²) in [5.41, 5.74) is 1.83. The minimum Gasteiger partial charge on any atom is -0.493 e. The number of benzene rings is 2. The van der Waals surface area contributed by atoms with E-state index in [4.69, 9.17) is 14.2 Å². The first-order valence-corrected chi connectivity index (χ1v) is 13.1. The number of nitrogens with zero attached hydrogens (tertiary/aromatic N) is 3. The minimum absolute atomic E-state index is 0.0533. The maximum absolute atomic E-state index is 13.5. The molecule has 0 amide bonds. The third-order valence-corrected chi connectivity index (χ3v) is 7.04. The molecule has 0 N–H and O–H groups in total. The van der Waals surface area contributed by atoms with Crippen LogP contribution in [0.5, 0.6) is 23.0 Å². The fourth-order valence-corrected chi connectivity index (χ4v) is 4.71. The van der Waals surface area contributed by atoms with E-state index in [-0.39, 0.29) is 35.1 Å². The molecular formula is C32H26FN3O5. The van der Waals surface area contributed by atoms with Gasteiger partial charge in [0.1, 0.15) is 17.3 Å². The number of ketones is 1. The smallest absolute Gasteiger partial charge is 0.200 e. The Hall–Kier alpha value is -5.05. The summed E-state index contributed by atoms with van der Waals surface area (Å²) in [5, 5.41) is 0.734. The van der Waals surface area contributed by atoms with Gasteiger partial charge in [-0.2, -0.15) is 0 Å². The van der Waals surface area contributed by atoms with Crippen molar-refractivity contribution in [2.75, 3.05) is 14.2 Å². The molecule has 3 aromatic heterocycles. The number of carbonyl (C=O) groups excluding carboxylic acids is 1. The average molecular weight is 552 g/mol. The quantitative estimate of drug-likeness (QED) is 0.202. The van der Waals surface area contributed by atoms with Crippen molar-refractivity contribution in [2.24, 2.45) is 0 Å². The lowest BCUT2D eigenvalue weighted by atomic mass is 10.0. The standard InChI is InChI=1S/C32H26FN3O5/c1-39-30-14-24-27(15-31(30)40-2)34-12-11-29(24)41-23-10-7-21(35-16-23)13-28(37)26-18-36(22-8-9-22)17-25(32(26)38)19-3-5-20(33)6-4-19/h3-7,10-12,14-18,22H,8-9,13H2,1-2H3. The van der Waals surface area contributed by atoms with Crippen LogP contribution in [0.2, 0.25) is 0 Å². The highest BCUT2D eigenvalue weighted by molar-refractivity contribution is 5.98. The van der Waals surface area contributed by atoms with E-state index in [1.807, 2.05) is 4.57 Å². The van der Waals surface area contributed by atoms with Gasteiger partial charge in [0.2, 0.25) is 0 Å². The highest BCUT2D eigenvalue weighted by atomic mass is 19.1. The summed E-state index contributed by atoms with van der Waals surface area (Å²) < 4.78 is 32.3. The Balaban J connectivity index is 1.24. The summed E-state index contributed by atoms with van der Waals surface area (Å²) in [5.74, 6) is 1.41. The van der Waals surface area contributed by atoms with Crippen LogP contribution in [0.25, 0.3) is 22.0 Å². The third-order valence-electron chi connectivity index (χ3n) is 7.04. The number of ether oxygens (including phenoxy) is 3. The lowest BCUT2D eigenvalue weighted by Crippen LogP contribution is -2.21. The number of hydrogen-bond donors (Lipinski definition) is 0. The van der Waals surface area contributed by atoms with Crippen LogP contribution in [0.3, 0.4) is 0 Å². The molecule has 0 saturated heterocycles. The summed E-state index contributed by atoms with van der Waals surface area (Å²) in [6.07, 6.45) is 8.46. The monoisotopic (exact) mass is 551 g/mol. The van der Waals surface area contributed by atoms with E-state index >= 15 is 0 Å². The van der Waals surface area contributed by atoms with Crippen molar-refractivity contribution in [1.82, 2.24) is 14.5 Å². The van der Waals surface area contributed by atoms with Crippen LogP contribution >= 0.6 is 0 Å². The number of carbonyl (C=O) groups is 1. The largest absolute Gasteiger partial charge is 0.493 e. The Bertz CT molecular complexity index is 1810. The zero-order chi connectivity index (χ0) is 28.5. The fourth-order valence-electron chi connectivity index (χ4n) is 4.71. The molecule has 0 aliphatic heterocycles. The van der Waals surface area contributed by atoms with Crippen molar-refractivity contribution in [3.63, 3.8) is 0 Å². The topological polar surface area (TPSA) is 92.5 Å². The molecule has 2 aromatic carbocycles. The number of methoxy groups -OCH3 is 2. The van der Waals surface area contributed by atoms with Gasteiger partial charge < -0.3 is 18.8 Å². The molecule has 9 heteroatoms. The first-order chi connectivity index (χ1) is 19.9. The van der Waals surface area contributed by atoms with Gasteiger partial charge in [0.05, 0.1) is 37.9 Å². The highest BCUT2D eigenvalue weighted by Crippen LogP contribution is 2.37. The maximum atomic E-state index is 13.5. The molecule has 8 nitrogen and oxygen atoms in total. The van der Waals surface area contributed by atoms with Crippen LogP contribution in [0, 0.1) is 5.82 Å². The van der Waals surface area contributed by atoms with Crippen LogP contribution in [0.4, 0.5) is 4.39 Å². The van der Waals surface area contributed by atoms with Crippen LogP contribution in [0.1, 0.15) is 34.9 Å². The maximum Gasteiger partial charge on any atom is 0.200 e. The molecule has 1 aliphatic carbocycles. The Kier molecular flexibility index (Phi) is 6.93. The van der Waals surface area contributed by atoms with Gasteiger partial charge in [0, 0.05) is 47.3 Å². The molecule has 6 rings (SSSR count). The summed E-state index contributed by atoms with van der Waals surface area (Å²) in [6.45, 7) is 0. The van der Waals surface area contributed by atoms with Gasteiger partial charge in [-0.15, -0.1) is 0 Å². The van der Waals surface area contributed by atoms with Crippen molar-refractivity contribution in [3.8, 4) is 34.1 Å². The van der Waals surface area contributed by atoms with Crippen molar-refractivity contribution in [2.45, 2.75) is 25.3 Å². The number of halogens is 1. The van der Waals surface area contributed by atoms with E-state index in [1.165, 1.54) is 18.3 Å². The molecule has 1 saturated carbocycles. The first-order valence-electron chi connectivity index (χ1n) is 13.1. The minimum atomic E-state index is -0.390. The molecule has 0 atom stereocenters. The molecule has 5 aromatic rings. The predicted molar refractivity (Wildman–Crippen MR) is 152 cm³/mol. The molecule has 3 heterocycles. The van der Waals surface area contributed by atoms with Gasteiger partial charge in [0.25, 0.3) is 0 Å². The van der Waals surface area contributed by atoms with Crippen LogP contribution in [-0.2, 0) is 6.42 Å². The van der Waals surface area contributed by atoms with Crippen LogP contribution in [-0.4, -0.2) is 34.5 Å². The van der Waals surface area contributed by atoms with Crippen LogP contribution in [0.15, 0.2) is 84.2 Å². The summed E-state index contributed by atoms with van der Waals surface area (Å²) >= 11 is 0. The van der Waals surface area contributed by atoms with Crippen LogP contribution < -0.4 is 19.6 Å². The molecule has 0 spiro atoms. The number of Topliss-reactive ketones (excluding diaryl/α,β-unsaturated/α-hetero) is 1. The number of hydrogen-bond acceptors (Lipinski definition) is 7. The second kappa shape index (κ2) is 10.8. The van der Waals surface area contributed by atoms with Gasteiger partial charge in [-0.3, -0.25) is 19.6 Å². The third kappa shape index (κ3) is 5.38. The normalized spacial score (nSPS) is 12.8. The lowest BCUT2D eigenvalue weighted by Gasteiger charge is -2.12. The first kappa shape index (κ1) is 26.2. The highest BCUT2D eigenvalue weighted by Gasteiger charge is 2.26. The second-order valence-electron chi connectivity index (χ2n) is 9.82. The molecule has 1 fully saturated rings. The van der Waals surface area contributed by atoms with E-state index in [9.17, 15) is 14.0 Å². The van der Waals surface area contributed by atoms with E-state index < -0.39 is 0 Å². The molecule has 41 heavy (non-hydrogen) atoms. The molecule has 206 valence electrons. The Morgan fingerprint density at radius 2 is 1.71 bits per heavy atom. The zero-order valence-electron chi connectivity index (χ0n) is 22.5. The summed E-state index contributed by atoms with van der Waals surface area (Å²) in [6, 6.07) is 14.7.